The molecule has 0 radical (unpaired) electrons. The minimum atomic E-state index is 0.648. The zero-order valence-electron chi connectivity index (χ0n) is 29.7. The summed E-state index contributed by atoms with van der Waals surface area (Å²) in [5.74, 6) is 3.62. The number of fused-ring (bicyclic) bond motifs is 7. The van der Waals surface area contributed by atoms with Gasteiger partial charge in [-0.25, -0.2) is 9.97 Å². The number of rotatable bonds is 5. The van der Waals surface area contributed by atoms with E-state index >= 15 is 0 Å². The summed E-state index contributed by atoms with van der Waals surface area (Å²) in [7, 11) is 0. The molecule has 0 aliphatic rings. The van der Waals surface area contributed by atoms with Gasteiger partial charge in [0, 0.05) is 27.5 Å². The molecule has 8 aromatic carbocycles. The van der Waals surface area contributed by atoms with Crippen molar-refractivity contribution in [3.05, 3.63) is 181 Å². The van der Waals surface area contributed by atoms with Gasteiger partial charge in [-0.2, -0.15) is 0 Å². The van der Waals surface area contributed by atoms with Gasteiger partial charge in [0.25, 0.3) is 0 Å². The number of para-hydroxylation sites is 2. The average Bonchev–Trinajstić information content (AvgIpc) is 3.58. The van der Waals surface area contributed by atoms with Gasteiger partial charge in [0.2, 0.25) is 5.95 Å². The van der Waals surface area contributed by atoms with Crippen LogP contribution in [0.5, 0.6) is 0 Å². The van der Waals surface area contributed by atoms with E-state index in [9.17, 15) is 0 Å². The molecular weight excluding hydrogens is 655 g/mol. The van der Waals surface area contributed by atoms with Crippen molar-refractivity contribution in [2.45, 2.75) is 6.92 Å². The molecule has 0 spiro atoms. The second kappa shape index (κ2) is 12.7. The van der Waals surface area contributed by atoms with E-state index in [4.69, 9.17) is 16.4 Å². The van der Waals surface area contributed by atoms with E-state index in [1.807, 2.05) is 13.0 Å². The Morgan fingerprint density at radius 3 is 1.72 bits per heavy atom. The molecular formula is C51H33N3. The Labute approximate surface area is 313 Å². The zero-order valence-corrected chi connectivity index (χ0v) is 29.7. The monoisotopic (exact) mass is 687 g/mol. The molecule has 0 saturated carbocycles. The van der Waals surface area contributed by atoms with Crippen LogP contribution in [-0.2, 0) is 0 Å². The first-order valence-electron chi connectivity index (χ1n) is 18.2. The number of aromatic nitrogens is 3. The Balaban J connectivity index is 1.11. The lowest BCUT2D eigenvalue weighted by molar-refractivity contribution is 0.996. The Kier molecular flexibility index (Phi) is 7.42. The van der Waals surface area contributed by atoms with Gasteiger partial charge < -0.3 is 0 Å². The summed E-state index contributed by atoms with van der Waals surface area (Å²) in [5, 5.41) is 9.30. The first-order chi connectivity index (χ1) is 26.7. The summed E-state index contributed by atoms with van der Waals surface area (Å²) in [6.45, 7) is 2.04. The molecule has 10 rings (SSSR count). The van der Waals surface area contributed by atoms with Crippen LogP contribution in [0.1, 0.15) is 18.1 Å². The molecule has 2 heterocycles. The molecule has 0 N–H and O–H groups in total. The minimum Gasteiger partial charge on any atom is -0.278 e. The highest BCUT2D eigenvalue weighted by atomic mass is 15.2. The van der Waals surface area contributed by atoms with E-state index in [-0.39, 0.29) is 0 Å². The SMILES string of the molecule is C#Cc1c(/C=C\C)c2ccc(-c3ccc4cc(-c5cc(-c6ccccc6)nc(-n6c7ccccc7c7ccccc76)n5)ccc4c3)cc2c2ccccc12. The number of terminal acetylenes is 1. The largest absolute Gasteiger partial charge is 0.278 e. The summed E-state index contributed by atoms with van der Waals surface area (Å²) in [6, 6.07) is 58.0. The predicted molar refractivity (Wildman–Crippen MR) is 228 cm³/mol. The van der Waals surface area contributed by atoms with Crippen molar-refractivity contribution in [2.75, 3.05) is 0 Å². The van der Waals surface area contributed by atoms with Crippen LogP contribution < -0.4 is 0 Å². The molecule has 2 aromatic heterocycles. The van der Waals surface area contributed by atoms with Crippen molar-refractivity contribution in [3.8, 4) is 51.9 Å². The van der Waals surface area contributed by atoms with Gasteiger partial charge in [0.15, 0.2) is 0 Å². The Morgan fingerprint density at radius 1 is 0.481 bits per heavy atom. The molecule has 0 saturated heterocycles. The first kappa shape index (κ1) is 31.5. The fraction of sp³-hybridized carbons (Fsp3) is 0.0196. The Hall–Kier alpha value is -7.28. The fourth-order valence-electron chi connectivity index (χ4n) is 8.05. The van der Waals surface area contributed by atoms with Gasteiger partial charge in [-0.3, -0.25) is 4.57 Å². The first-order valence-corrected chi connectivity index (χ1v) is 18.2. The lowest BCUT2D eigenvalue weighted by Gasteiger charge is -2.14. The summed E-state index contributed by atoms with van der Waals surface area (Å²) in [6.07, 6.45) is 10.3. The van der Waals surface area contributed by atoms with Gasteiger partial charge in [-0.05, 0) is 92.3 Å². The highest BCUT2D eigenvalue weighted by Gasteiger charge is 2.17. The van der Waals surface area contributed by atoms with Crippen molar-refractivity contribution in [1.82, 2.24) is 14.5 Å². The van der Waals surface area contributed by atoms with E-state index < -0.39 is 0 Å². The molecule has 0 amide bonds. The van der Waals surface area contributed by atoms with Crippen LogP contribution in [0.2, 0.25) is 0 Å². The van der Waals surface area contributed by atoms with E-state index in [0.29, 0.717) is 5.95 Å². The maximum atomic E-state index is 6.07. The zero-order chi connectivity index (χ0) is 36.2. The Morgan fingerprint density at radius 2 is 1.04 bits per heavy atom. The van der Waals surface area contributed by atoms with Crippen LogP contribution in [0.4, 0.5) is 0 Å². The second-order valence-corrected chi connectivity index (χ2v) is 13.7. The molecule has 0 bridgehead atoms. The van der Waals surface area contributed by atoms with Crippen LogP contribution >= 0.6 is 0 Å². The quantitative estimate of drug-likeness (QED) is 0.133. The van der Waals surface area contributed by atoms with E-state index in [1.165, 1.54) is 26.9 Å². The number of allylic oxidation sites excluding steroid dienone is 1. The molecule has 252 valence electrons. The normalized spacial score (nSPS) is 11.7. The average molecular weight is 688 g/mol. The summed E-state index contributed by atoms with van der Waals surface area (Å²) >= 11 is 0. The summed E-state index contributed by atoms with van der Waals surface area (Å²) < 4.78 is 2.19. The number of hydrogen-bond donors (Lipinski definition) is 0. The van der Waals surface area contributed by atoms with Crippen LogP contribution in [0.3, 0.4) is 0 Å². The lowest BCUT2D eigenvalue weighted by Crippen LogP contribution is -2.03. The van der Waals surface area contributed by atoms with Crippen LogP contribution in [-0.4, -0.2) is 14.5 Å². The minimum absolute atomic E-state index is 0.648. The topological polar surface area (TPSA) is 30.7 Å². The van der Waals surface area contributed by atoms with Gasteiger partial charge in [0.05, 0.1) is 22.4 Å². The van der Waals surface area contributed by atoms with Crippen molar-refractivity contribution in [2.24, 2.45) is 0 Å². The van der Waals surface area contributed by atoms with Gasteiger partial charge in [-0.15, -0.1) is 6.42 Å². The lowest BCUT2D eigenvalue weighted by atomic mass is 9.89. The molecule has 0 fully saturated rings. The van der Waals surface area contributed by atoms with Crippen LogP contribution in [0.25, 0.3) is 99.8 Å². The fourth-order valence-corrected chi connectivity index (χ4v) is 8.05. The van der Waals surface area contributed by atoms with E-state index in [2.05, 4.69) is 180 Å². The number of hydrogen-bond acceptors (Lipinski definition) is 2. The highest BCUT2D eigenvalue weighted by molar-refractivity contribution is 6.15. The molecule has 0 aliphatic heterocycles. The van der Waals surface area contributed by atoms with Gasteiger partial charge in [0.1, 0.15) is 0 Å². The third-order valence-corrected chi connectivity index (χ3v) is 10.6. The molecule has 0 unspecified atom stereocenters. The van der Waals surface area contributed by atoms with Crippen LogP contribution in [0.15, 0.2) is 170 Å². The third kappa shape index (κ3) is 5.08. The molecule has 3 heteroatoms. The van der Waals surface area contributed by atoms with E-state index in [1.54, 1.807) is 0 Å². The third-order valence-electron chi connectivity index (χ3n) is 10.6. The maximum Gasteiger partial charge on any atom is 0.235 e. The predicted octanol–water partition coefficient (Wildman–Crippen LogP) is 13.0. The van der Waals surface area contributed by atoms with Crippen molar-refractivity contribution >= 4 is 60.2 Å². The standard InChI is InChI=1S/C51H33N3/c1-3-14-40-39(4-2)41-17-8-9-18-42(41)46-31-37(27-28-43(40)46)35-23-24-36-30-38(26-25-34(36)29-35)48-32-47(33-15-6-5-7-16-33)52-51(53-48)54-49-21-12-10-19-44(49)45-20-11-13-22-50(45)54/h2-3,5-32H,1H3/b14-3-. The summed E-state index contributed by atoms with van der Waals surface area (Å²) in [4.78, 5) is 10.4. The van der Waals surface area contributed by atoms with Gasteiger partial charge in [-0.1, -0.05) is 145 Å². The van der Waals surface area contributed by atoms with E-state index in [0.717, 1.165) is 72.0 Å². The van der Waals surface area contributed by atoms with Crippen molar-refractivity contribution < 1.29 is 0 Å². The van der Waals surface area contributed by atoms with Crippen molar-refractivity contribution in [3.63, 3.8) is 0 Å². The smallest absolute Gasteiger partial charge is 0.235 e. The highest BCUT2D eigenvalue weighted by Crippen LogP contribution is 2.38. The van der Waals surface area contributed by atoms with Crippen LogP contribution in [0, 0.1) is 12.3 Å². The molecule has 0 aliphatic carbocycles. The second-order valence-electron chi connectivity index (χ2n) is 13.7. The Bertz CT molecular complexity index is 3120. The van der Waals surface area contributed by atoms with Crippen molar-refractivity contribution in [1.29, 1.82) is 0 Å². The van der Waals surface area contributed by atoms with Gasteiger partial charge >= 0.3 is 0 Å². The molecule has 3 nitrogen and oxygen atoms in total. The molecule has 54 heavy (non-hydrogen) atoms. The number of benzene rings is 8. The molecule has 10 aromatic rings. The maximum absolute atomic E-state index is 6.07. The summed E-state index contributed by atoms with van der Waals surface area (Å²) in [5.41, 5.74) is 10.4. The number of nitrogens with zero attached hydrogens (tertiary/aromatic N) is 3. The molecule has 0 atom stereocenters.